The smallest absolute Gasteiger partial charge is 0.289 e. The highest BCUT2D eigenvalue weighted by Gasteiger charge is 2.29. The maximum absolute atomic E-state index is 12.9. The second-order valence-corrected chi connectivity index (χ2v) is 8.64. The molecule has 2 aliphatic rings. The Hall–Kier alpha value is -2.55. The van der Waals surface area contributed by atoms with Gasteiger partial charge in [0, 0.05) is 17.2 Å². The second kappa shape index (κ2) is 9.72. The number of thioether (sulfide) groups is 1. The summed E-state index contributed by atoms with van der Waals surface area (Å²) in [7, 11) is 0. The van der Waals surface area contributed by atoms with Crippen molar-refractivity contribution in [2.75, 3.05) is 24.3 Å². The number of amides is 3. The summed E-state index contributed by atoms with van der Waals surface area (Å²) in [5.41, 5.74) is 1.55. The Bertz CT molecular complexity index is 993. The Labute approximate surface area is 189 Å². The molecule has 162 valence electrons. The highest BCUT2D eigenvalue weighted by atomic mass is 35.5. The van der Waals surface area contributed by atoms with Crippen LogP contribution in [-0.4, -0.2) is 47.0 Å². The van der Waals surface area contributed by atoms with Gasteiger partial charge in [-0.25, -0.2) is 0 Å². The predicted molar refractivity (Wildman–Crippen MR) is 119 cm³/mol. The van der Waals surface area contributed by atoms with E-state index < -0.39 is 0 Å². The summed E-state index contributed by atoms with van der Waals surface area (Å²) in [5.74, 6) is 0.0914. The molecule has 2 saturated heterocycles. The van der Waals surface area contributed by atoms with Crippen molar-refractivity contribution in [1.29, 1.82) is 0 Å². The van der Waals surface area contributed by atoms with Crippen LogP contribution in [0.4, 0.5) is 10.5 Å². The average Bonchev–Trinajstić information content (AvgIpc) is 3.39. The zero-order valence-corrected chi connectivity index (χ0v) is 18.2. The third-order valence-corrected chi connectivity index (χ3v) is 6.10. The number of nitrogens with zero attached hydrogens (tertiary/aromatic N) is 1. The Kier molecular flexibility index (Phi) is 6.80. The number of hydrogen-bond acceptors (Lipinski definition) is 6. The van der Waals surface area contributed by atoms with Crippen LogP contribution in [0.3, 0.4) is 0 Å². The van der Waals surface area contributed by atoms with Crippen molar-refractivity contribution in [2.24, 2.45) is 0 Å². The molecule has 2 heterocycles. The molecule has 0 aliphatic carbocycles. The van der Waals surface area contributed by atoms with Crippen molar-refractivity contribution >= 4 is 46.1 Å². The molecule has 0 saturated carbocycles. The van der Waals surface area contributed by atoms with E-state index in [1.54, 1.807) is 42.5 Å². The summed E-state index contributed by atoms with van der Waals surface area (Å²) in [4.78, 5) is 37.7. The van der Waals surface area contributed by atoms with Crippen LogP contribution in [0.5, 0.6) is 5.75 Å². The highest BCUT2D eigenvalue weighted by molar-refractivity contribution is 8.14. The number of nitrogens with one attached hydrogen (secondary N) is 1. The van der Waals surface area contributed by atoms with Crippen molar-refractivity contribution in [1.82, 2.24) is 4.90 Å². The van der Waals surface area contributed by atoms with E-state index in [0.29, 0.717) is 34.2 Å². The minimum absolute atomic E-state index is 0.0464. The lowest BCUT2D eigenvalue weighted by Crippen LogP contribution is -2.28. The predicted octanol–water partition coefficient (Wildman–Crippen LogP) is 4.35. The molecular weight excluding hydrogens is 440 g/mol. The van der Waals surface area contributed by atoms with Crippen LogP contribution >= 0.6 is 23.4 Å². The minimum atomic E-state index is -0.348. The van der Waals surface area contributed by atoms with Gasteiger partial charge in [0.15, 0.2) is 0 Å². The first-order valence-corrected chi connectivity index (χ1v) is 11.3. The first-order valence-electron chi connectivity index (χ1n) is 9.91. The number of carbonyl (C=O) groups is 3. The number of carbonyl (C=O) groups excluding carboxylic acids is 3. The SMILES string of the molecule is O=C(Nc1cc(Cl)ccc1OCC1CCCO1)c1cccc(CN2C(=O)CSC2=O)c1. The molecule has 9 heteroatoms. The number of ether oxygens (including phenoxy) is 2. The van der Waals surface area contributed by atoms with Gasteiger partial charge in [-0.2, -0.15) is 0 Å². The molecule has 3 amide bonds. The summed E-state index contributed by atoms with van der Waals surface area (Å²) in [5, 5.41) is 3.04. The van der Waals surface area contributed by atoms with Crippen molar-refractivity contribution < 1.29 is 23.9 Å². The van der Waals surface area contributed by atoms with Gasteiger partial charge in [-0.1, -0.05) is 35.5 Å². The maximum atomic E-state index is 12.9. The zero-order chi connectivity index (χ0) is 21.8. The topological polar surface area (TPSA) is 84.9 Å². The first-order chi connectivity index (χ1) is 15.0. The second-order valence-electron chi connectivity index (χ2n) is 7.28. The first kappa shape index (κ1) is 21.7. The summed E-state index contributed by atoms with van der Waals surface area (Å²) in [6.07, 6.45) is 2.01. The van der Waals surface area contributed by atoms with Gasteiger partial charge in [0.1, 0.15) is 12.4 Å². The summed E-state index contributed by atoms with van der Waals surface area (Å²) in [6, 6.07) is 11.9. The van der Waals surface area contributed by atoms with Gasteiger partial charge in [0.25, 0.3) is 11.1 Å². The van der Waals surface area contributed by atoms with Gasteiger partial charge < -0.3 is 14.8 Å². The lowest BCUT2D eigenvalue weighted by Gasteiger charge is -2.16. The van der Waals surface area contributed by atoms with E-state index in [9.17, 15) is 14.4 Å². The minimum Gasteiger partial charge on any atom is -0.489 e. The van der Waals surface area contributed by atoms with Crippen LogP contribution in [0, 0.1) is 0 Å². The molecule has 0 aromatic heterocycles. The quantitative estimate of drug-likeness (QED) is 0.661. The number of rotatable bonds is 7. The van der Waals surface area contributed by atoms with E-state index in [0.717, 1.165) is 31.2 Å². The molecule has 7 nitrogen and oxygen atoms in total. The molecule has 0 radical (unpaired) electrons. The molecule has 1 unspecified atom stereocenters. The number of hydrogen-bond donors (Lipinski definition) is 1. The van der Waals surface area contributed by atoms with E-state index >= 15 is 0 Å². The van der Waals surface area contributed by atoms with Gasteiger partial charge in [0.05, 0.1) is 24.1 Å². The fourth-order valence-corrected chi connectivity index (χ4v) is 4.30. The maximum Gasteiger partial charge on any atom is 0.289 e. The number of imide groups is 1. The fraction of sp³-hybridized carbons (Fsp3) is 0.318. The molecule has 2 fully saturated rings. The van der Waals surface area contributed by atoms with Crippen molar-refractivity contribution in [2.45, 2.75) is 25.5 Å². The Morgan fingerprint density at radius 1 is 1.26 bits per heavy atom. The summed E-state index contributed by atoms with van der Waals surface area (Å²) >= 11 is 7.10. The molecule has 31 heavy (non-hydrogen) atoms. The zero-order valence-electron chi connectivity index (χ0n) is 16.6. The molecule has 0 spiro atoms. The van der Waals surface area contributed by atoms with E-state index in [2.05, 4.69) is 5.32 Å². The van der Waals surface area contributed by atoms with Gasteiger partial charge in [-0.15, -0.1) is 0 Å². The third kappa shape index (κ3) is 5.39. The van der Waals surface area contributed by atoms with E-state index in [4.69, 9.17) is 21.1 Å². The molecule has 2 aromatic rings. The molecule has 4 rings (SSSR count). The highest BCUT2D eigenvalue weighted by Crippen LogP contribution is 2.29. The van der Waals surface area contributed by atoms with Crippen molar-refractivity contribution in [3.63, 3.8) is 0 Å². The Morgan fingerprint density at radius 2 is 2.13 bits per heavy atom. The van der Waals surface area contributed by atoms with Crippen molar-refractivity contribution in [3.8, 4) is 5.75 Å². The monoisotopic (exact) mass is 460 g/mol. The molecule has 2 aliphatic heterocycles. The van der Waals surface area contributed by atoms with Gasteiger partial charge >= 0.3 is 0 Å². The van der Waals surface area contributed by atoms with Gasteiger partial charge in [-0.3, -0.25) is 19.3 Å². The molecule has 1 N–H and O–H groups in total. The van der Waals surface area contributed by atoms with Crippen LogP contribution in [0.2, 0.25) is 5.02 Å². The van der Waals surface area contributed by atoms with Crippen LogP contribution in [-0.2, 0) is 16.1 Å². The molecule has 2 aromatic carbocycles. The Morgan fingerprint density at radius 3 is 2.87 bits per heavy atom. The van der Waals surface area contributed by atoms with Gasteiger partial charge in [0.2, 0.25) is 5.91 Å². The average molecular weight is 461 g/mol. The summed E-state index contributed by atoms with van der Waals surface area (Å²) < 4.78 is 11.4. The molecule has 1 atom stereocenters. The number of halogens is 1. The third-order valence-electron chi connectivity index (χ3n) is 5.01. The standard InChI is InChI=1S/C22H21ClN2O5S/c23-16-6-7-19(30-12-17-5-2-8-29-17)18(10-16)24-21(27)15-4-1-3-14(9-15)11-25-20(26)13-31-22(25)28/h1,3-4,6-7,9-10,17H,2,5,8,11-13H2,(H,24,27). The number of benzene rings is 2. The largest absolute Gasteiger partial charge is 0.489 e. The molecular formula is C22H21ClN2O5S. The fourth-order valence-electron chi connectivity index (χ4n) is 3.41. The normalized spacial score (nSPS) is 18.5. The molecule has 0 bridgehead atoms. The van der Waals surface area contributed by atoms with Crippen LogP contribution in [0.25, 0.3) is 0 Å². The lowest BCUT2D eigenvalue weighted by atomic mass is 10.1. The van der Waals surface area contributed by atoms with Crippen LogP contribution < -0.4 is 10.1 Å². The van der Waals surface area contributed by atoms with E-state index in [-0.39, 0.29) is 35.5 Å². The van der Waals surface area contributed by atoms with Crippen molar-refractivity contribution in [3.05, 3.63) is 58.6 Å². The lowest BCUT2D eigenvalue weighted by molar-refractivity contribution is -0.125. The summed E-state index contributed by atoms with van der Waals surface area (Å²) in [6.45, 7) is 1.27. The number of anilines is 1. The van der Waals surface area contributed by atoms with Crippen LogP contribution in [0.15, 0.2) is 42.5 Å². The van der Waals surface area contributed by atoms with E-state index in [1.165, 1.54) is 4.90 Å². The Balaban J connectivity index is 1.46. The van der Waals surface area contributed by atoms with Gasteiger partial charge in [-0.05, 0) is 48.7 Å². The van der Waals surface area contributed by atoms with E-state index in [1.807, 2.05) is 0 Å². The van der Waals surface area contributed by atoms with Crippen LogP contribution in [0.1, 0.15) is 28.8 Å².